The van der Waals surface area contributed by atoms with E-state index in [-0.39, 0.29) is 29.1 Å². The summed E-state index contributed by atoms with van der Waals surface area (Å²) < 4.78 is 0. The molecular weight excluding hydrogens is 355 g/mol. The number of hydrogen-bond donors (Lipinski definition) is 2. The molecule has 2 aliphatic rings. The number of rotatable bonds is 5. The van der Waals surface area contributed by atoms with Crippen LogP contribution in [-0.2, 0) is 11.2 Å². The SMILES string of the molecule is CC1(CNC(=O)C2(Cc3cccc(Cl)c3)CCCC2)CCNCC1.Cl. The second kappa shape index (κ2) is 8.75. The molecule has 0 aromatic heterocycles. The number of amides is 1. The minimum absolute atomic E-state index is 0. The Balaban J connectivity index is 0.00000225. The number of carbonyl (C=O) groups excluding carboxylic acids is 1. The van der Waals surface area contributed by atoms with Crippen LogP contribution in [0.15, 0.2) is 24.3 Å². The maximum absolute atomic E-state index is 13.1. The van der Waals surface area contributed by atoms with Crippen LogP contribution in [0.4, 0.5) is 0 Å². The molecule has 3 nitrogen and oxygen atoms in total. The molecule has 1 amide bonds. The highest BCUT2D eigenvalue weighted by atomic mass is 35.5. The Morgan fingerprint density at radius 3 is 2.52 bits per heavy atom. The number of piperidine rings is 1. The van der Waals surface area contributed by atoms with Crippen LogP contribution >= 0.6 is 24.0 Å². The van der Waals surface area contributed by atoms with Gasteiger partial charge in [-0.1, -0.05) is 43.5 Å². The largest absolute Gasteiger partial charge is 0.355 e. The minimum Gasteiger partial charge on any atom is -0.355 e. The maximum atomic E-state index is 13.1. The van der Waals surface area contributed by atoms with E-state index in [1.165, 1.54) is 5.56 Å². The predicted molar refractivity (Wildman–Crippen MR) is 107 cm³/mol. The van der Waals surface area contributed by atoms with Crippen molar-refractivity contribution in [2.24, 2.45) is 10.8 Å². The molecule has 25 heavy (non-hydrogen) atoms. The van der Waals surface area contributed by atoms with Crippen LogP contribution < -0.4 is 10.6 Å². The molecular formula is C20H30Cl2N2O. The predicted octanol–water partition coefficient (Wildman–Crippen LogP) is 4.37. The summed E-state index contributed by atoms with van der Waals surface area (Å²) in [5.41, 5.74) is 1.16. The average molecular weight is 385 g/mol. The summed E-state index contributed by atoms with van der Waals surface area (Å²) in [4.78, 5) is 13.1. The summed E-state index contributed by atoms with van der Waals surface area (Å²) in [5.74, 6) is 0.250. The quantitative estimate of drug-likeness (QED) is 0.790. The van der Waals surface area contributed by atoms with Gasteiger partial charge in [0.1, 0.15) is 0 Å². The summed E-state index contributed by atoms with van der Waals surface area (Å²) in [5, 5.41) is 7.47. The number of benzene rings is 1. The fraction of sp³-hybridized carbons (Fsp3) is 0.650. The first-order chi connectivity index (χ1) is 11.5. The second-order valence-electron chi connectivity index (χ2n) is 8.04. The van der Waals surface area contributed by atoms with Crippen molar-refractivity contribution in [3.05, 3.63) is 34.9 Å². The molecule has 1 aromatic carbocycles. The van der Waals surface area contributed by atoms with Gasteiger partial charge in [-0.05, 0) is 68.3 Å². The Bertz CT molecular complexity index is 579. The zero-order valence-corrected chi connectivity index (χ0v) is 16.6. The summed E-state index contributed by atoms with van der Waals surface area (Å²) in [6.45, 7) is 5.21. The van der Waals surface area contributed by atoms with Crippen molar-refractivity contribution in [1.29, 1.82) is 0 Å². The molecule has 3 rings (SSSR count). The Kier molecular flexibility index (Phi) is 7.19. The number of nitrogens with one attached hydrogen (secondary N) is 2. The fourth-order valence-corrected chi connectivity index (χ4v) is 4.47. The lowest BCUT2D eigenvalue weighted by atomic mass is 9.77. The van der Waals surface area contributed by atoms with E-state index < -0.39 is 0 Å². The smallest absolute Gasteiger partial charge is 0.226 e. The Morgan fingerprint density at radius 1 is 1.20 bits per heavy atom. The highest BCUT2D eigenvalue weighted by Crippen LogP contribution is 2.42. The van der Waals surface area contributed by atoms with Gasteiger partial charge in [-0.2, -0.15) is 0 Å². The van der Waals surface area contributed by atoms with Gasteiger partial charge in [-0.3, -0.25) is 4.79 Å². The van der Waals surface area contributed by atoms with Gasteiger partial charge in [-0.15, -0.1) is 12.4 Å². The van der Waals surface area contributed by atoms with Gasteiger partial charge >= 0.3 is 0 Å². The summed E-state index contributed by atoms with van der Waals surface area (Å²) in [7, 11) is 0. The third kappa shape index (κ3) is 5.12. The van der Waals surface area contributed by atoms with E-state index in [1.54, 1.807) is 0 Å². The second-order valence-corrected chi connectivity index (χ2v) is 8.47. The summed E-state index contributed by atoms with van der Waals surface area (Å²) in [6, 6.07) is 7.97. The third-order valence-electron chi connectivity index (χ3n) is 5.96. The average Bonchev–Trinajstić information content (AvgIpc) is 3.03. The molecule has 1 saturated carbocycles. The molecule has 2 fully saturated rings. The van der Waals surface area contributed by atoms with Gasteiger partial charge in [-0.25, -0.2) is 0 Å². The molecule has 1 aromatic rings. The molecule has 1 saturated heterocycles. The van der Waals surface area contributed by atoms with E-state index in [2.05, 4.69) is 23.6 Å². The molecule has 0 radical (unpaired) electrons. The van der Waals surface area contributed by atoms with Crippen LogP contribution in [0, 0.1) is 10.8 Å². The van der Waals surface area contributed by atoms with Crippen LogP contribution in [0.1, 0.15) is 51.0 Å². The monoisotopic (exact) mass is 384 g/mol. The lowest BCUT2D eigenvalue weighted by molar-refractivity contribution is -0.131. The first-order valence-electron chi connectivity index (χ1n) is 9.25. The van der Waals surface area contributed by atoms with Crippen LogP contribution in [0.25, 0.3) is 0 Å². The maximum Gasteiger partial charge on any atom is 0.226 e. The van der Waals surface area contributed by atoms with Gasteiger partial charge in [0.05, 0.1) is 5.41 Å². The van der Waals surface area contributed by atoms with E-state index in [4.69, 9.17) is 11.6 Å². The highest BCUT2D eigenvalue weighted by molar-refractivity contribution is 6.30. The van der Waals surface area contributed by atoms with Gasteiger partial charge < -0.3 is 10.6 Å². The van der Waals surface area contributed by atoms with E-state index in [9.17, 15) is 4.79 Å². The first-order valence-corrected chi connectivity index (χ1v) is 9.63. The molecule has 1 aliphatic heterocycles. The molecule has 5 heteroatoms. The van der Waals surface area contributed by atoms with Gasteiger partial charge in [0.25, 0.3) is 0 Å². The molecule has 0 atom stereocenters. The van der Waals surface area contributed by atoms with Crippen molar-refractivity contribution in [3.8, 4) is 0 Å². The van der Waals surface area contributed by atoms with E-state index in [0.29, 0.717) is 0 Å². The Morgan fingerprint density at radius 2 is 1.88 bits per heavy atom. The van der Waals surface area contributed by atoms with Crippen LogP contribution in [0.3, 0.4) is 0 Å². The topological polar surface area (TPSA) is 41.1 Å². The summed E-state index contributed by atoms with van der Waals surface area (Å²) in [6.07, 6.45) is 7.35. The van der Waals surface area contributed by atoms with Gasteiger partial charge in [0.15, 0.2) is 0 Å². The number of halogens is 2. The Labute approximate surface area is 162 Å². The molecule has 0 unspecified atom stereocenters. The van der Waals surface area contributed by atoms with Crippen molar-refractivity contribution in [1.82, 2.24) is 10.6 Å². The van der Waals surface area contributed by atoms with Crippen LogP contribution in [0.5, 0.6) is 0 Å². The molecule has 140 valence electrons. The van der Waals surface area contributed by atoms with E-state index in [0.717, 1.165) is 69.6 Å². The third-order valence-corrected chi connectivity index (χ3v) is 6.20. The van der Waals surface area contributed by atoms with E-state index in [1.807, 2.05) is 18.2 Å². The number of carbonyl (C=O) groups is 1. The van der Waals surface area contributed by atoms with Crippen molar-refractivity contribution in [3.63, 3.8) is 0 Å². The Hall–Kier alpha value is -0.770. The minimum atomic E-state index is -0.242. The molecule has 1 heterocycles. The lowest BCUT2D eigenvalue weighted by Crippen LogP contribution is -2.47. The van der Waals surface area contributed by atoms with Crippen LogP contribution in [-0.4, -0.2) is 25.5 Å². The zero-order chi connectivity index (χ0) is 17.0. The van der Waals surface area contributed by atoms with Crippen LogP contribution in [0.2, 0.25) is 5.02 Å². The standard InChI is InChI=1S/C20H29ClN2O.ClH/c1-19(9-11-22-12-10-19)15-23-18(24)20(7-2-3-8-20)14-16-5-4-6-17(21)13-16;/h4-6,13,22H,2-3,7-12,14-15H2,1H3,(H,23,24);1H. The van der Waals surface area contributed by atoms with E-state index >= 15 is 0 Å². The molecule has 1 aliphatic carbocycles. The van der Waals surface area contributed by atoms with Gasteiger partial charge in [0, 0.05) is 11.6 Å². The normalized spacial score (nSPS) is 21.4. The molecule has 0 spiro atoms. The molecule has 0 bridgehead atoms. The van der Waals surface area contributed by atoms with Crippen molar-refractivity contribution >= 4 is 29.9 Å². The lowest BCUT2D eigenvalue weighted by Gasteiger charge is -2.36. The molecule has 2 N–H and O–H groups in total. The zero-order valence-electron chi connectivity index (χ0n) is 15.1. The summed E-state index contributed by atoms with van der Waals surface area (Å²) >= 11 is 6.13. The highest BCUT2D eigenvalue weighted by Gasteiger charge is 2.41. The van der Waals surface area contributed by atoms with Gasteiger partial charge in [0.2, 0.25) is 5.91 Å². The fourth-order valence-electron chi connectivity index (χ4n) is 4.26. The van der Waals surface area contributed by atoms with Crippen molar-refractivity contribution in [2.45, 2.75) is 51.9 Å². The van der Waals surface area contributed by atoms with Crippen molar-refractivity contribution < 1.29 is 4.79 Å². The van der Waals surface area contributed by atoms with Crippen molar-refractivity contribution in [2.75, 3.05) is 19.6 Å². The number of hydrogen-bond acceptors (Lipinski definition) is 2. The first kappa shape index (κ1) is 20.5.